The van der Waals surface area contributed by atoms with Crippen LogP contribution in [0, 0.1) is 0 Å². The molecule has 33 heavy (non-hydrogen) atoms. The molecule has 7 heteroatoms. The molecule has 0 saturated carbocycles. The van der Waals surface area contributed by atoms with Crippen LogP contribution in [-0.4, -0.2) is 62.5 Å². The van der Waals surface area contributed by atoms with Crippen molar-refractivity contribution < 1.29 is 0 Å². The molecule has 1 aliphatic carbocycles. The van der Waals surface area contributed by atoms with Gasteiger partial charge in [0.25, 0.3) is 0 Å². The molecule has 1 aliphatic heterocycles. The first-order valence-electron chi connectivity index (χ1n) is 11.7. The Labute approximate surface area is 192 Å². The predicted octanol–water partition coefficient (Wildman–Crippen LogP) is 2.87. The Bertz CT molecular complexity index is 1340. The van der Waals surface area contributed by atoms with E-state index in [1.807, 2.05) is 0 Å². The molecule has 168 valence electrons. The number of fused-ring (bicyclic) bond motifs is 2. The summed E-state index contributed by atoms with van der Waals surface area (Å²) in [5, 5.41) is 0. The SMILES string of the molecule is CN1CCN(Cc2cccc(-c3cnc4[nH]c(=O)n(C5Cc6ccccc6C5)c4n3)c2)CC1. The summed E-state index contributed by atoms with van der Waals surface area (Å²) >= 11 is 0. The number of piperazine rings is 1. The minimum absolute atomic E-state index is 0.0665. The van der Waals surface area contributed by atoms with Gasteiger partial charge in [-0.2, -0.15) is 0 Å². The molecule has 6 rings (SSSR count). The number of imidazole rings is 1. The lowest BCUT2D eigenvalue weighted by Crippen LogP contribution is -2.43. The first-order valence-corrected chi connectivity index (χ1v) is 11.7. The van der Waals surface area contributed by atoms with E-state index in [1.165, 1.54) is 16.7 Å². The number of nitrogens with one attached hydrogen (secondary N) is 1. The summed E-state index contributed by atoms with van der Waals surface area (Å²) in [5.74, 6) is 0. The molecule has 0 atom stereocenters. The minimum atomic E-state index is -0.135. The van der Waals surface area contributed by atoms with Crippen LogP contribution in [0.1, 0.15) is 22.7 Å². The van der Waals surface area contributed by atoms with Crippen LogP contribution in [0.15, 0.2) is 59.5 Å². The number of nitrogens with zero attached hydrogens (tertiary/aromatic N) is 5. The van der Waals surface area contributed by atoms with Crippen molar-refractivity contribution in [1.82, 2.24) is 29.3 Å². The van der Waals surface area contributed by atoms with E-state index < -0.39 is 0 Å². The summed E-state index contributed by atoms with van der Waals surface area (Å²) in [4.78, 5) is 30.1. The first-order chi connectivity index (χ1) is 16.1. The Morgan fingerprint density at radius 1 is 1.00 bits per heavy atom. The highest BCUT2D eigenvalue weighted by Gasteiger charge is 2.26. The number of H-pyrrole nitrogens is 1. The number of aromatic nitrogens is 4. The van der Waals surface area contributed by atoms with Crippen molar-refractivity contribution in [3.63, 3.8) is 0 Å². The topological polar surface area (TPSA) is 70.0 Å². The third kappa shape index (κ3) is 3.87. The average molecular weight is 441 g/mol. The number of aromatic amines is 1. The van der Waals surface area contributed by atoms with Gasteiger partial charge in [0.15, 0.2) is 11.3 Å². The van der Waals surface area contributed by atoms with Crippen LogP contribution >= 0.6 is 0 Å². The van der Waals surface area contributed by atoms with E-state index >= 15 is 0 Å². The van der Waals surface area contributed by atoms with E-state index in [-0.39, 0.29) is 11.7 Å². The van der Waals surface area contributed by atoms with Gasteiger partial charge >= 0.3 is 5.69 Å². The maximum absolute atomic E-state index is 12.8. The summed E-state index contributed by atoms with van der Waals surface area (Å²) in [5.41, 5.74) is 6.78. The molecule has 1 saturated heterocycles. The molecule has 0 spiro atoms. The molecule has 2 aromatic heterocycles. The van der Waals surface area contributed by atoms with Gasteiger partial charge in [-0.05, 0) is 42.6 Å². The number of hydrogen-bond acceptors (Lipinski definition) is 5. The molecule has 0 unspecified atom stereocenters. The zero-order valence-corrected chi connectivity index (χ0v) is 18.9. The van der Waals surface area contributed by atoms with Gasteiger partial charge in [0.05, 0.1) is 11.9 Å². The van der Waals surface area contributed by atoms with Crippen molar-refractivity contribution >= 4 is 11.3 Å². The largest absolute Gasteiger partial charge is 0.329 e. The van der Waals surface area contributed by atoms with Crippen molar-refractivity contribution in [1.29, 1.82) is 0 Å². The molecule has 7 nitrogen and oxygen atoms in total. The number of likely N-dealkylation sites (N-methyl/N-ethyl adjacent to an activating group) is 1. The molecule has 0 amide bonds. The second-order valence-electron chi connectivity index (χ2n) is 9.34. The highest BCUT2D eigenvalue weighted by molar-refractivity contribution is 5.71. The Hall–Kier alpha value is -3.29. The van der Waals surface area contributed by atoms with Crippen LogP contribution in [0.2, 0.25) is 0 Å². The van der Waals surface area contributed by atoms with Crippen molar-refractivity contribution in [2.75, 3.05) is 33.2 Å². The van der Waals surface area contributed by atoms with Crippen molar-refractivity contribution in [2.24, 2.45) is 0 Å². The lowest BCUT2D eigenvalue weighted by molar-refractivity contribution is 0.148. The fourth-order valence-corrected chi connectivity index (χ4v) is 5.18. The van der Waals surface area contributed by atoms with E-state index in [2.05, 4.69) is 75.3 Å². The minimum Gasteiger partial charge on any atom is -0.304 e. The average Bonchev–Trinajstić information content (AvgIpc) is 3.39. The fourth-order valence-electron chi connectivity index (χ4n) is 5.18. The van der Waals surface area contributed by atoms with E-state index in [1.54, 1.807) is 10.8 Å². The van der Waals surface area contributed by atoms with E-state index in [9.17, 15) is 4.79 Å². The van der Waals surface area contributed by atoms with Crippen LogP contribution in [0.25, 0.3) is 22.6 Å². The Morgan fingerprint density at radius 3 is 2.52 bits per heavy atom. The lowest BCUT2D eigenvalue weighted by Gasteiger charge is -2.32. The van der Waals surface area contributed by atoms with Gasteiger partial charge in [-0.25, -0.2) is 14.8 Å². The number of rotatable bonds is 4. The Morgan fingerprint density at radius 2 is 1.76 bits per heavy atom. The molecule has 1 N–H and O–H groups in total. The van der Waals surface area contributed by atoms with E-state index in [0.717, 1.165) is 56.8 Å². The normalized spacial score (nSPS) is 17.6. The highest BCUT2D eigenvalue weighted by atomic mass is 16.1. The van der Waals surface area contributed by atoms with Gasteiger partial charge in [0, 0.05) is 44.3 Å². The van der Waals surface area contributed by atoms with Crippen LogP contribution in [0.3, 0.4) is 0 Å². The van der Waals surface area contributed by atoms with Crippen molar-refractivity contribution in [3.8, 4) is 11.3 Å². The molecule has 1 fully saturated rings. The fraction of sp³-hybridized carbons (Fsp3) is 0.346. The summed E-state index contributed by atoms with van der Waals surface area (Å²) < 4.78 is 1.81. The standard InChI is InChI=1S/C26H28N6O/c1-30-9-11-31(12-10-30)17-18-5-4-8-21(13-18)23-16-27-24-25(28-23)32(26(33)29-24)22-14-19-6-2-3-7-20(19)15-22/h2-8,13,16,22H,9-12,14-15,17H2,1H3,(H,27,29,33). The molecule has 3 heterocycles. The second-order valence-corrected chi connectivity index (χ2v) is 9.34. The van der Waals surface area contributed by atoms with E-state index in [0.29, 0.717) is 11.3 Å². The molecular weight excluding hydrogens is 412 g/mol. The summed E-state index contributed by atoms with van der Waals surface area (Å²) in [6.45, 7) is 5.33. The van der Waals surface area contributed by atoms with Gasteiger partial charge in [-0.3, -0.25) is 14.5 Å². The van der Waals surface area contributed by atoms with Crippen molar-refractivity contribution in [2.45, 2.75) is 25.4 Å². The Balaban J connectivity index is 1.31. The summed E-state index contributed by atoms with van der Waals surface area (Å²) in [7, 11) is 2.18. The van der Waals surface area contributed by atoms with Gasteiger partial charge in [-0.1, -0.05) is 42.5 Å². The maximum atomic E-state index is 12.8. The third-order valence-corrected chi connectivity index (χ3v) is 7.05. The first kappa shape index (κ1) is 20.3. The second kappa shape index (κ2) is 8.24. The van der Waals surface area contributed by atoms with Crippen LogP contribution < -0.4 is 5.69 Å². The zero-order chi connectivity index (χ0) is 22.4. The van der Waals surface area contributed by atoms with Crippen LogP contribution in [0.5, 0.6) is 0 Å². The van der Waals surface area contributed by atoms with Gasteiger partial charge in [0.2, 0.25) is 0 Å². The van der Waals surface area contributed by atoms with Gasteiger partial charge in [0.1, 0.15) is 0 Å². The number of benzene rings is 2. The summed E-state index contributed by atoms with van der Waals surface area (Å²) in [6, 6.07) is 17.0. The molecule has 4 aromatic rings. The summed E-state index contributed by atoms with van der Waals surface area (Å²) in [6.07, 6.45) is 3.45. The molecule has 0 bridgehead atoms. The predicted molar refractivity (Wildman–Crippen MR) is 129 cm³/mol. The van der Waals surface area contributed by atoms with Crippen LogP contribution in [0.4, 0.5) is 0 Å². The monoisotopic (exact) mass is 440 g/mol. The van der Waals surface area contributed by atoms with E-state index in [4.69, 9.17) is 4.98 Å². The Kier molecular flexibility index (Phi) is 5.08. The lowest BCUT2D eigenvalue weighted by atomic mass is 10.1. The zero-order valence-electron chi connectivity index (χ0n) is 18.9. The van der Waals surface area contributed by atoms with Crippen molar-refractivity contribution in [3.05, 3.63) is 81.9 Å². The highest BCUT2D eigenvalue weighted by Crippen LogP contribution is 2.31. The van der Waals surface area contributed by atoms with Gasteiger partial charge in [-0.15, -0.1) is 0 Å². The smallest absolute Gasteiger partial charge is 0.304 e. The van der Waals surface area contributed by atoms with Crippen LogP contribution in [-0.2, 0) is 19.4 Å². The molecule has 2 aliphatic rings. The third-order valence-electron chi connectivity index (χ3n) is 7.05. The molecule has 2 aromatic carbocycles. The number of hydrogen-bond donors (Lipinski definition) is 1. The van der Waals surface area contributed by atoms with Gasteiger partial charge < -0.3 is 4.90 Å². The molecular formula is C26H28N6O. The maximum Gasteiger partial charge on any atom is 0.329 e. The quantitative estimate of drug-likeness (QED) is 0.529. The molecule has 0 radical (unpaired) electrons.